The van der Waals surface area contributed by atoms with Crippen molar-refractivity contribution in [2.75, 3.05) is 5.32 Å². The molecular formula is C20H16N4O3S. The summed E-state index contributed by atoms with van der Waals surface area (Å²) in [6, 6.07) is 11.2. The summed E-state index contributed by atoms with van der Waals surface area (Å²) in [6.45, 7) is 2.06. The van der Waals surface area contributed by atoms with Gasteiger partial charge < -0.3 is 9.73 Å². The van der Waals surface area contributed by atoms with E-state index >= 15 is 0 Å². The number of benzene rings is 1. The number of nitrogens with one attached hydrogen (secondary N) is 1. The Balaban J connectivity index is 1.46. The van der Waals surface area contributed by atoms with Crippen LogP contribution in [0.5, 0.6) is 0 Å². The highest BCUT2D eigenvalue weighted by atomic mass is 32.1. The Morgan fingerprint density at radius 3 is 2.82 bits per heavy atom. The van der Waals surface area contributed by atoms with Gasteiger partial charge in [-0.25, -0.2) is 4.98 Å². The fraction of sp³-hybridized carbons (Fsp3) is 0.100. The number of Topliss-reactive ketones (excluding diaryl/α,β-unsaturated/α-hetero) is 1. The summed E-state index contributed by atoms with van der Waals surface area (Å²) in [6.07, 6.45) is 4.55. The zero-order chi connectivity index (χ0) is 19.5. The van der Waals surface area contributed by atoms with Gasteiger partial charge >= 0.3 is 0 Å². The number of nitrogens with zero attached hydrogens (tertiary/aromatic N) is 3. The number of hydrogen-bond acceptors (Lipinski definition) is 6. The van der Waals surface area contributed by atoms with Gasteiger partial charge in [0.2, 0.25) is 0 Å². The first-order valence-corrected chi connectivity index (χ1v) is 9.39. The zero-order valence-corrected chi connectivity index (χ0v) is 15.8. The Morgan fingerprint density at radius 1 is 1.25 bits per heavy atom. The molecule has 0 saturated heterocycles. The van der Waals surface area contributed by atoms with Crippen molar-refractivity contribution < 1.29 is 14.0 Å². The summed E-state index contributed by atoms with van der Waals surface area (Å²) in [5.74, 6) is 0.0913. The van der Waals surface area contributed by atoms with Crippen LogP contribution in [-0.4, -0.2) is 26.5 Å². The summed E-state index contributed by atoms with van der Waals surface area (Å²) in [4.78, 5) is 28.8. The molecule has 4 aromatic rings. The molecule has 28 heavy (non-hydrogen) atoms. The number of carbonyl (C=O) groups excluding carboxylic acids is 2. The highest BCUT2D eigenvalue weighted by Crippen LogP contribution is 2.23. The lowest BCUT2D eigenvalue weighted by Crippen LogP contribution is -2.13. The molecule has 140 valence electrons. The standard InChI is InChI=1S/C20H16N4O3S/c1-13(25)17-7-14(11-28-17)9-24-10-16(8-22-24)23-20(26)18-19(27-12-21-18)15-5-3-2-4-6-15/h2-8,10-12H,9H2,1H3,(H,23,26). The van der Waals surface area contributed by atoms with E-state index in [-0.39, 0.29) is 17.4 Å². The van der Waals surface area contributed by atoms with Gasteiger partial charge in [0.15, 0.2) is 23.6 Å². The Hall–Kier alpha value is -3.52. The van der Waals surface area contributed by atoms with Crippen molar-refractivity contribution in [3.8, 4) is 11.3 Å². The van der Waals surface area contributed by atoms with Gasteiger partial charge in [-0.05, 0) is 23.9 Å². The molecule has 7 nitrogen and oxygen atoms in total. The largest absolute Gasteiger partial charge is 0.443 e. The molecule has 0 unspecified atom stereocenters. The Kier molecular flexibility index (Phi) is 4.86. The van der Waals surface area contributed by atoms with E-state index in [2.05, 4.69) is 15.4 Å². The average Bonchev–Trinajstić information content (AvgIpc) is 3.43. The first-order chi connectivity index (χ1) is 13.6. The van der Waals surface area contributed by atoms with E-state index in [1.165, 1.54) is 17.7 Å². The molecule has 0 radical (unpaired) electrons. The maximum atomic E-state index is 12.6. The van der Waals surface area contributed by atoms with Crippen LogP contribution in [0, 0.1) is 0 Å². The minimum Gasteiger partial charge on any atom is -0.443 e. The third-order valence-corrected chi connectivity index (χ3v) is 5.13. The van der Waals surface area contributed by atoms with Gasteiger partial charge in [-0.3, -0.25) is 14.3 Å². The molecule has 0 atom stereocenters. The summed E-state index contributed by atoms with van der Waals surface area (Å²) < 4.78 is 7.09. The third kappa shape index (κ3) is 3.77. The second-order valence-electron chi connectivity index (χ2n) is 6.15. The van der Waals surface area contributed by atoms with Gasteiger partial charge in [-0.15, -0.1) is 11.3 Å². The monoisotopic (exact) mass is 392 g/mol. The smallest absolute Gasteiger partial charge is 0.278 e. The number of rotatable bonds is 6. The normalized spacial score (nSPS) is 10.8. The number of carbonyl (C=O) groups is 2. The maximum Gasteiger partial charge on any atom is 0.278 e. The molecule has 0 spiro atoms. The van der Waals surface area contributed by atoms with Crippen LogP contribution in [0.2, 0.25) is 0 Å². The van der Waals surface area contributed by atoms with Gasteiger partial charge in [0, 0.05) is 11.8 Å². The van der Waals surface area contributed by atoms with Crippen molar-refractivity contribution in [1.82, 2.24) is 14.8 Å². The van der Waals surface area contributed by atoms with Crippen LogP contribution >= 0.6 is 11.3 Å². The van der Waals surface area contributed by atoms with E-state index in [1.54, 1.807) is 24.0 Å². The van der Waals surface area contributed by atoms with E-state index in [4.69, 9.17) is 4.42 Å². The molecule has 1 aromatic carbocycles. The van der Waals surface area contributed by atoms with Crippen LogP contribution in [0.25, 0.3) is 11.3 Å². The Morgan fingerprint density at radius 2 is 2.07 bits per heavy atom. The van der Waals surface area contributed by atoms with Crippen molar-refractivity contribution in [3.63, 3.8) is 0 Å². The lowest BCUT2D eigenvalue weighted by atomic mass is 10.1. The van der Waals surface area contributed by atoms with Gasteiger partial charge in [-0.2, -0.15) is 5.10 Å². The van der Waals surface area contributed by atoms with Gasteiger partial charge in [-0.1, -0.05) is 30.3 Å². The second-order valence-corrected chi connectivity index (χ2v) is 7.06. The van der Waals surface area contributed by atoms with Crippen molar-refractivity contribution in [3.05, 3.63) is 76.7 Å². The van der Waals surface area contributed by atoms with E-state index in [1.807, 2.05) is 41.8 Å². The molecule has 3 heterocycles. The molecule has 4 rings (SSSR count). The zero-order valence-electron chi connectivity index (χ0n) is 15.0. The molecule has 1 N–H and O–H groups in total. The minimum atomic E-state index is -0.374. The molecular weight excluding hydrogens is 376 g/mol. The Bertz CT molecular complexity index is 1130. The van der Waals surface area contributed by atoms with E-state index in [0.29, 0.717) is 18.0 Å². The number of oxazole rings is 1. The first-order valence-electron chi connectivity index (χ1n) is 8.51. The predicted octanol–water partition coefficient (Wildman–Crippen LogP) is 4.10. The minimum absolute atomic E-state index is 0.0477. The van der Waals surface area contributed by atoms with Crippen LogP contribution in [-0.2, 0) is 6.54 Å². The summed E-state index contributed by atoms with van der Waals surface area (Å²) in [7, 11) is 0. The van der Waals surface area contributed by atoms with Gasteiger partial charge in [0.1, 0.15) is 0 Å². The van der Waals surface area contributed by atoms with Crippen LogP contribution in [0.4, 0.5) is 5.69 Å². The molecule has 0 aliphatic carbocycles. The molecule has 3 aromatic heterocycles. The van der Waals surface area contributed by atoms with E-state index < -0.39 is 0 Å². The number of ketones is 1. The van der Waals surface area contributed by atoms with Crippen molar-refractivity contribution >= 4 is 28.7 Å². The molecule has 0 aliphatic heterocycles. The molecule has 0 saturated carbocycles. The maximum absolute atomic E-state index is 12.6. The molecule has 0 aliphatic rings. The van der Waals surface area contributed by atoms with Crippen LogP contribution in [0.1, 0.15) is 32.6 Å². The average molecular weight is 392 g/mol. The predicted molar refractivity (Wildman–Crippen MR) is 106 cm³/mol. The summed E-state index contributed by atoms with van der Waals surface area (Å²) in [5.41, 5.74) is 2.52. The van der Waals surface area contributed by atoms with Crippen LogP contribution in [0.3, 0.4) is 0 Å². The van der Waals surface area contributed by atoms with E-state index in [9.17, 15) is 9.59 Å². The lowest BCUT2D eigenvalue weighted by Gasteiger charge is -2.02. The van der Waals surface area contributed by atoms with Gasteiger partial charge in [0.05, 0.1) is 23.3 Å². The number of hydrogen-bond donors (Lipinski definition) is 1. The molecule has 0 bridgehead atoms. The molecule has 8 heteroatoms. The van der Waals surface area contributed by atoms with Crippen molar-refractivity contribution in [2.24, 2.45) is 0 Å². The third-order valence-electron chi connectivity index (χ3n) is 4.05. The fourth-order valence-corrected chi connectivity index (χ4v) is 3.54. The van der Waals surface area contributed by atoms with Crippen LogP contribution < -0.4 is 5.32 Å². The number of anilines is 1. The van der Waals surface area contributed by atoms with Crippen molar-refractivity contribution in [1.29, 1.82) is 0 Å². The number of amides is 1. The highest BCUT2D eigenvalue weighted by molar-refractivity contribution is 7.12. The quantitative estimate of drug-likeness (QED) is 0.499. The second kappa shape index (κ2) is 7.61. The van der Waals surface area contributed by atoms with Crippen LogP contribution in [0.15, 0.2) is 65.0 Å². The molecule has 0 fully saturated rings. The molecule has 1 amide bonds. The van der Waals surface area contributed by atoms with E-state index in [0.717, 1.165) is 16.0 Å². The fourth-order valence-electron chi connectivity index (χ4n) is 2.74. The SMILES string of the molecule is CC(=O)c1cc(Cn2cc(NC(=O)c3ncoc3-c3ccccc3)cn2)cs1. The topological polar surface area (TPSA) is 90.0 Å². The summed E-state index contributed by atoms with van der Waals surface area (Å²) >= 11 is 1.41. The van der Waals surface area contributed by atoms with Crippen molar-refractivity contribution in [2.45, 2.75) is 13.5 Å². The number of aromatic nitrogens is 3. The Labute approximate surface area is 164 Å². The highest BCUT2D eigenvalue weighted by Gasteiger charge is 2.18. The first kappa shape index (κ1) is 17.9. The lowest BCUT2D eigenvalue weighted by molar-refractivity contribution is 0.101. The number of thiophene rings is 1. The summed E-state index contributed by atoms with van der Waals surface area (Å²) in [5, 5.41) is 8.97. The van der Waals surface area contributed by atoms with Gasteiger partial charge in [0.25, 0.3) is 5.91 Å².